The highest BCUT2D eigenvalue weighted by Gasteiger charge is 2.37. The van der Waals surface area contributed by atoms with Crippen molar-refractivity contribution in [3.8, 4) is 5.75 Å². The fraction of sp³-hybridized carbons (Fsp3) is 0.556. The Morgan fingerprint density at radius 2 is 2.17 bits per heavy atom. The lowest BCUT2D eigenvalue weighted by Gasteiger charge is -2.31. The molecule has 0 spiro atoms. The van der Waals surface area contributed by atoms with Crippen LogP contribution in [0.5, 0.6) is 5.75 Å². The van der Waals surface area contributed by atoms with Gasteiger partial charge in [0, 0.05) is 25.6 Å². The van der Waals surface area contributed by atoms with Crippen molar-refractivity contribution < 1.29 is 14.3 Å². The summed E-state index contributed by atoms with van der Waals surface area (Å²) in [6.07, 6.45) is 1.31. The molecule has 3 rings (SSSR count). The minimum Gasteiger partial charge on any atom is -0.495 e. The third-order valence-electron chi connectivity index (χ3n) is 5.03. The maximum absolute atomic E-state index is 12.6. The van der Waals surface area contributed by atoms with E-state index in [4.69, 9.17) is 4.74 Å². The number of carbonyl (C=O) groups is 2. The molecule has 2 heterocycles. The smallest absolute Gasteiger partial charge is 0.227 e. The Morgan fingerprint density at radius 1 is 1.38 bits per heavy atom. The number of methoxy groups -OCH3 is 1. The third-order valence-corrected chi connectivity index (χ3v) is 5.03. The molecule has 0 saturated carbocycles. The Labute approximate surface area is 142 Å². The zero-order valence-corrected chi connectivity index (χ0v) is 14.2. The van der Waals surface area contributed by atoms with Crippen LogP contribution in [-0.4, -0.2) is 44.6 Å². The van der Waals surface area contributed by atoms with Crippen LogP contribution in [0.4, 0.5) is 5.69 Å². The SMILES string of the molecule is COc1ccccc1N1CC(C(=O)NC2CNCCC2C)CC1=O. The van der Waals surface area contributed by atoms with Crippen LogP contribution in [0.25, 0.3) is 0 Å². The minimum absolute atomic E-state index is 0.0266. The molecule has 130 valence electrons. The highest BCUT2D eigenvalue weighted by atomic mass is 16.5. The van der Waals surface area contributed by atoms with Gasteiger partial charge in [-0.15, -0.1) is 0 Å². The van der Waals surface area contributed by atoms with E-state index in [0.29, 0.717) is 18.2 Å². The lowest BCUT2D eigenvalue weighted by Crippen LogP contribution is -2.51. The zero-order valence-electron chi connectivity index (χ0n) is 14.2. The number of nitrogens with zero attached hydrogens (tertiary/aromatic N) is 1. The van der Waals surface area contributed by atoms with Crippen LogP contribution in [0.3, 0.4) is 0 Å². The Balaban J connectivity index is 1.67. The van der Waals surface area contributed by atoms with E-state index in [1.807, 2.05) is 24.3 Å². The first-order valence-electron chi connectivity index (χ1n) is 8.54. The number of hydrogen-bond acceptors (Lipinski definition) is 4. The second-order valence-electron chi connectivity index (χ2n) is 6.66. The molecular weight excluding hydrogens is 306 g/mol. The molecule has 2 aliphatic heterocycles. The average Bonchev–Trinajstić information content (AvgIpc) is 2.98. The quantitative estimate of drug-likeness (QED) is 0.869. The Bertz CT molecular complexity index is 619. The van der Waals surface area contributed by atoms with E-state index >= 15 is 0 Å². The van der Waals surface area contributed by atoms with E-state index in [1.165, 1.54) is 0 Å². The van der Waals surface area contributed by atoms with Gasteiger partial charge in [0.15, 0.2) is 0 Å². The first-order chi connectivity index (χ1) is 11.6. The van der Waals surface area contributed by atoms with Gasteiger partial charge in [-0.25, -0.2) is 0 Å². The van der Waals surface area contributed by atoms with Crippen molar-refractivity contribution in [2.45, 2.75) is 25.8 Å². The fourth-order valence-electron chi connectivity index (χ4n) is 3.45. The summed E-state index contributed by atoms with van der Waals surface area (Å²) in [5.74, 6) is 0.738. The first kappa shape index (κ1) is 16.8. The Morgan fingerprint density at radius 3 is 2.92 bits per heavy atom. The zero-order chi connectivity index (χ0) is 17.1. The van der Waals surface area contributed by atoms with Gasteiger partial charge < -0.3 is 20.3 Å². The average molecular weight is 331 g/mol. The summed E-state index contributed by atoms with van der Waals surface area (Å²) < 4.78 is 5.33. The Kier molecular flexibility index (Phi) is 5.04. The third kappa shape index (κ3) is 3.38. The number of carbonyl (C=O) groups excluding carboxylic acids is 2. The highest BCUT2D eigenvalue weighted by Crippen LogP contribution is 2.32. The van der Waals surface area contributed by atoms with Crippen molar-refractivity contribution in [1.29, 1.82) is 0 Å². The van der Waals surface area contributed by atoms with Crippen LogP contribution in [-0.2, 0) is 9.59 Å². The van der Waals surface area contributed by atoms with Crippen molar-refractivity contribution in [1.82, 2.24) is 10.6 Å². The largest absolute Gasteiger partial charge is 0.495 e. The molecule has 2 saturated heterocycles. The first-order valence-corrected chi connectivity index (χ1v) is 8.54. The number of benzene rings is 1. The topological polar surface area (TPSA) is 70.7 Å². The molecular formula is C18H25N3O3. The van der Waals surface area contributed by atoms with Crippen molar-refractivity contribution in [3.05, 3.63) is 24.3 Å². The summed E-state index contributed by atoms with van der Waals surface area (Å²) in [7, 11) is 1.58. The summed E-state index contributed by atoms with van der Waals surface area (Å²) >= 11 is 0. The standard InChI is InChI=1S/C18H25N3O3/c1-12-7-8-19-10-14(12)20-18(23)13-9-17(22)21(11-13)15-5-3-4-6-16(15)24-2/h3-6,12-14,19H,7-11H2,1-2H3,(H,20,23). The number of amides is 2. The van der Waals surface area contributed by atoms with E-state index in [0.717, 1.165) is 25.2 Å². The van der Waals surface area contributed by atoms with Crippen molar-refractivity contribution in [2.24, 2.45) is 11.8 Å². The molecule has 0 aliphatic carbocycles. The number of anilines is 1. The second-order valence-corrected chi connectivity index (χ2v) is 6.66. The molecule has 2 fully saturated rings. The van der Waals surface area contributed by atoms with Crippen LogP contribution in [0.2, 0.25) is 0 Å². The predicted octanol–water partition coefficient (Wildman–Crippen LogP) is 1.16. The van der Waals surface area contributed by atoms with Gasteiger partial charge in [0.2, 0.25) is 11.8 Å². The fourth-order valence-corrected chi connectivity index (χ4v) is 3.45. The molecule has 2 amide bonds. The molecule has 2 N–H and O–H groups in total. The monoisotopic (exact) mass is 331 g/mol. The van der Waals surface area contributed by atoms with Gasteiger partial charge >= 0.3 is 0 Å². The van der Waals surface area contributed by atoms with Gasteiger partial charge in [-0.3, -0.25) is 9.59 Å². The highest BCUT2D eigenvalue weighted by molar-refractivity contribution is 6.01. The van der Waals surface area contributed by atoms with Crippen molar-refractivity contribution in [2.75, 3.05) is 31.6 Å². The summed E-state index contributed by atoms with van der Waals surface area (Å²) in [6, 6.07) is 7.55. The Hall–Kier alpha value is -2.08. The predicted molar refractivity (Wildman–Crippen MR) is 92.0 cm³/mol. The number of rotatable bonds is 4. The van der Waals surface area contributed by atoms with Crippen LogP contribution in [0.15, 0.2) is 24.3 Å². The van der Waals surface area contributed by atoms with Gasteiger partial charge in [0.25, 0.3) is 0 Å². The molecule has 1 aromatic rings. The lowest BCUT2D eigenvalue weighted by atomic mass is 9.94. The maximum Gasteiger partial charge on any atom is 0.227 e. The molecule has 0 bridgehead atoms. The van der Waals surface area contributed by atoms with Gasteiger partial charge in [-0.2, -0.15) is 0 Å². The molecule has 0 radical (unpaired) electrons. The molecule has 2 aliphatic rings. The summed E-state index contributed by atoms with van der Waals surface area (Å²) in [6.45, 7) is 4.35. The number of hydrogen-bond donors (Lipinski definition) is 2. The molecule has 3 atom stereocenters. The van der Waals surface area contributed by atoms with Gasteiger partial charge in [0.1, 0.15) is 5.75 Å². The molecule has 3 unspecified atom stereocenters. The molecule has 1 aromatic carbocycles. The van der Waals surface area contributed by atoms with E-state index in [1.54, 1.807) is 12.0 Å². The maximum atomic E-state index is 12.6. The molecule has 24 heavy (non-hydrogen) atoms. The van der Waals surface area contributed by atoms with Crippen LogP contribution < -0.4 is 20.3 Å². The van der Waals surface area contributed by atoms with E-state index in [9.17, 15) is 9.59 Å². The minimum atomic E-state index is -0.309. The lowest BCUT2D eigenvalue weighted by molar-refractivity contribution is -0.127. The second kappa shape index (κ2) is 7.21. The summed E-state index contributed by atoms with van der Waals surface area (Å²) in [5, 5.41) is 6.43. The van der Waals surface area contributed by atoms with E-state index in [-0.39, 0.29) is 30.2 Å². The summed E-state index contributed by atoms with van der Waals surface area (Å²) in [5.41, 5.74) is 0.730. The number of nitrogens with one attached hydrogen (secondary N) is 2. The number of para-hydroxylation sites is 2. The van der Waals surface area contributed by atoms with Gasteiger partial charge in [0.05, 0.1) is 18.7 Å². The van der Waals surface area contributed by atoms with Crippen molar-refractivity contribution >= 4 is 17.5 Å². The summed E-state index contributed by atoms with van der Waals surface area (Å²) in [4.78, 5) is 26.6. The van der Waals surface area contributed by atoms with Gasteiger partial charge in [-0.1, -0.05) is 19.1 Å². The molecule has 0 aromatic heterocycles. The van der Waals surface area contributed by atoms with Crippen LogP contribution >= 0.6 is 0 Å². The van der Waals surface area contributed by atoms with Gasteiger partial charge in [-0.05, 0) is 31.0 Å². The number of piperidine rings is 1. The van der Waals surface area contributed by atoms with E-state index in [2.05, 4.69) is 17.6 Å². The molecule has 6 nitrogen and oxygen atoms in total. The van der Waals surface area contributed by atoms with Crippen LogP contribution in [0.1, 0.15) is 19.8 Å². The number of ether oxygens (including phenoxy) is 1. The van der Waals surface area contributed by atoms with Crippen molar-refractivity contribution in [3.63, 3.8) is 0 Å². The van der Waals surface area contributed by atoms with E-state index < -0.39 is 0 Å². The normalized spacial score (nSPS) is 27.2. The molecule has 6 heteroatoms. The van der Waals surface area contributed by atoms with Crippen LogP contribution in [0, 0.1) is 11.8 Å².